The second-order valence-electron chi connectivity index (χ2n) is 5.04. The molecule has 21 heavy (non-hydrogen) atoms. The highest BCUT2D eigenvalue weighted by Crippen LogP contribution is 2.22. The Balaban J connectivity index is 2.44. The van der Waals surface area contributed by atoms with E-state index in [1.165, 1.54) is 17.0 Å². The quantitative estimate of drug-likeness (QED) is 0.851. The molecular weight excluding hydrogens is 262 g/mol. The van der Waals surface area contributed by atoms with Crippen molar-refractivity contribution in [1.29, 1.82) is 0 Å². The zero-order valence-electron chi connectivity index (χ0n) is 13.4. The van der Waals surface area contributed by atoms with E-state index in [0.29, 0.717) is 0 Å². The highest BCUT2D eigenvalue weighted by Gasteiger charge is 2.16. The van der Waals surface area contributed by atoms with Crippen LogP contribution in [0.25, 0.3) is 5.69 Å². The van der Waals surface area contributed by atoms with Crippen LogP contribution in [0, 0.1) is 0 Å². The molecule has 0 aliphatic rings. The van der Waals surface area contributed by atoms with Crippen LogP contribution in [0.1, 0.15) is 30.8 Å². The fourth-order valence-corrected chi connectivity index (χ4v) is 2.66. The molecule has 0 unspecified atom stereocenters. The summed E-state index contributed by atoms with van der Waals surface area (Å²) >= 11 is 0. The zero-order chi connectivity index (χ0) is 15.2. The lowest BCUT2D eigenvalue weighted by Crippen LogP contribution is -2.12. The maximum Gasteiger partial charge on any atom is 0.119 e. The minimum atomic E-state index is 0.870. The molecule has 4 heteroatoms. The summed E-state index contributed by atoms with van der Waals surface area (Å²) in [5.74, 6) is 0.870. The van der Waals surface area contributed by atoms with E-state index in [2.05, 4.69) is 36.0 Å². The van der Waals surface area contributed by atoms with Gasteiger partial charge in [-0.05, 0) is 62.7 Å². The first-order valence-electron chi connectivity index (χ1n) is 7.63. The molecule has 1 heterocycles. The Labute approximate surface area is 127 Å². The van der Waals surface area contributed by atoms with Gasteiger partial charge in [0.05, 0.1) is 18.5 Å². The fourth-order valence-electron chi connectivity index (χ4n) is 2.66. The highest BCUT2D eigenvalue weighted by molar-refractivity contribution is 5.41. The number of benzene rings is 1. The zero-order valence-corrected chi connectivity index (χ0v) is 13.4. The van der Waals surface area contributed by atoms with Crippen LogP contribution in [0.15, 0.2) is 24.3 Å². The van der Waals surface area contributed by atoms with Crippen molar-refractivity contribution >= 4 is 0 Å². The number of hydrogen-bond acceptors (Lipinski definition) is 3. The van der Waals surface area contributed by atoms with Gasteiger partial charge in [-0.25, -0.2) is 4.68 Å². The van der Waals surface area contributed by atoms with Crippen LogP contribution < -0.4 is 10.1 Å². The molecule has 0 atom stereocenters. The summed E-state index contributed by atoms with van der Waals surface area (Å²) in [6.07, 6.45) is 2.98. The van der Waals surface area contributed by atoms with Gasteiger partial charge in [-0.15, -0.1) is 0 Å². The van der Waals surface area contributed by atoms with Gasteiger partial charge in [0.1, 0.15) is 5.75 Å². The second kappa shape index (κ2) is 7.27. The molecule has 114 valence electrons. The van der Waals surface area contributed by atoms with E-state index >= 15 is 0 Å². The maximum atomic E-state index is 5.23. The number of methoxy groups -OCH3 is 1. The standard InChI is InChI=1S/C17H25N3O/c1-5-16-15(11-12-18-3)17(6-2)20(19-16)13-7-9-14(21-4)10-8-13/h7-10,18H,5-6,11-12H2,1-4H3. The van der Waals surface area contributed by atoms with Crippen molar-refractivity contribution in [3.8, 4) is 11.4 Å². The molecule has 0 aliphatic carbocycles. The van der Waals surface area contributed by atoms with Gasteiger partial charge >= 0.3 is 0 Å². The Morgan fingerprint density at radius 2 is 1.86 bits per heavy atom. The third-order valence-electron chi connectivity index (χ3n) is 3.78. The van der Waals surface area contributed by atoms with E-state index in [9.17, 15) is 0 Å². The van der Waals surface area contributed by atoms with E-state index in [-0.39, 0.29) is 0 Å². The molecule has 1 N–H and O–H groups in total. The molecule has 4 nitrogen and oxygen atoms in total. The van der Waals surface area contributed by atoms with Gasteiger partial charge < -0.3 is 10.1 Å². The molecule has 2 aromatic rings. The van der Waals surface area contributed by atoms with E-state index < -0.39 is 0 Å². The Bertz CT molecular complexity index is 572. The number of aryl methyl sites for hydroxylation is 1. The first-order valence-corrected chi connectivity index (χ1v) is 7.63. The smallest absolute Gasteiger partial charge is 0.119 e. The molecule has 0 saturated carbocycles. The lowest BCUT2D eigenvalue weighted by molar-refractivity contribution is 0.414. The van der Waals surface area contributed by atoms with Crippen LogP contribution in [0.5, 0.6) is 5.75 Å². The summed E-state index contributed by atoms with van der Waals surface area (Å²) in [5.41, 5.74) is 5.01. The molecule has 0 saturated heterocycles. The SMILES string of the molecule is CCc1nn(-c2ccc(OC)cc2)c(CC)c1CCNC. The lowest BCUT2D eigenvalue weighted by Gasteiger charge is -2.09. The first kappa shape index (κ1) is 15.6. The van der Waals surface area contributed by atoms with E-state index in [0.717, 1.165) is 37.2 Å². The largest absolute Gasteiger partial charge is 0.497 e. The van der Waals surface area contributed by atoms with Crippen molar-refractivity contribution < 1.29 is 4.74 Å². The number of nitrogens with zero attached hydrogens (tertiary/aromatic N) is 2. The minimum absolute atomic E-state index is 0.870. The van der Waals surface area contributed by atoms with E-state index in [4.69, 9.17) is 9.84 Å². The van der Waals surface area contributed by atoms with Crippen molar-refractivity contribution in [3.05, 3.63) is 41.2 Å². The monoisotopic (exact) mass is 287 g/mol. The average molecular weight is 287 g/mol. The van der Waals surface area contributed by atoms with Gasteiger partial charge in [-0.2, -0.15) is 5.10 Å². The number of hydrogen-bond donors (Lipinski definition) is 1. The lowest BCUT2D eigenvalue weighted by atomic mass is 10.1. The number of likely N-dealkylation sites (N-methyl/N-ethyl adjacent to an activating group) is 1. The molecular formula is C17H25N3O. The third-order valence-corrected chi connectivity index (χ3v) is 3.78. The van der Waals surface area contributed by atoms with Gasteiger partial charge in [0, 0.05) is 5.69 Å². The molecule has 0 spiro atoms. The summed E-state index contributed by atoms with van der Waals surface area (Å²) in [4.78, 5) is 0. The van der Waals surface area contributed by atoms with Crippen LogP contribution >= 0.6 is 0 Å². The first-order chi connectivity index (χ1) is 10.2. The summed E-state index contributed by atoms with van der Waals surface area (Å²) in [7, 11) is 3.68. The Morgan fingerprint density at radius 3 is 2.38 bits per heavy atom. The van der Waals surface area contributed by atoms with E-state index in [1.807, 2.05) is 19.2 Å². The van der Waals surface area contributed by atoms with Gasteiger partial charge in [0.15, 0.2) is 0 Å². The van der Waals surface area contributed by atoms with E-state index in [1.54, 1.807) is 7.11 Å². The van der Waals surface area contributed by atoms with Gasteiger partial charge in [0.25, 0.3) is 0 Å². The van der Waals surface area contributed by atoms with Crippen LogP contribution in [0.4, 0.5) is 0 Å². The number of ether oxygens (including phenoxy) is 1. The summed E-state index contributed by atoms with van der Waals surface area (Å²) in [5, 5.41) is 8.06. The molecule has 0 amide bonds. The molecule has 0 radical (unpaired) electrons. The van der Waals surface area contributed by atoms with Crippen molar-refractivity contribution in [2.45, 2.75) is 33.1 Å². The van der Waals surface area contributed by atoms with Crippen molar-refractivity contribution in [3.63, 3.8) is 0 Å². The predicted molar refractivity (Wildman–Crippen MR) is 86.5 cm³/mol. The summed E-state index contributed by atoms with van der Waals surface area (Å²) in [6.45, 7) is 5.34. The topological polar surface area (TPSA) is 39.1 Å². The molecule has 0 aliphatic heterocycles. The Kier molecular flexibility index (Phi) is 5.39. The minimum Gasteiger partial charge on any atom is -0.497 e. The number of rotatable bonds is 7. The second-order valence-corrected chi connectivity index (χ2v) is 5.04. The maximum absolute atomic E-state index is 5.23. The van der Waals surface area contributed by atoms with Crippen LogP contribution in [-0.4, -0.2) is 30.5 Å². The average Bonchev–Trinajstić information content (AvgIpc) is 2.90. The van der Waals surface area contributed by atoms with Crippen LogP contribution in [0.3, 0.4) is 0 Å². The van der Waals surface area contributed by atoms with Crippen LogP contribution in [-0.2, 0) is 19.3 Å². The fraction of sp³-hybridized carbons (Fsp3) is 0.471. The number of aromatic nitrogens is 2. The normalized spacial score (nSPS) is 10.9. The van der Waals surface area contributed by atoms with Crippen molar-refractivity contribution in [1.82, 2.24) is 15.1 Å². The highest BCUT2D eigenvalue weighted by atomic mass is 16.5. The van der Waals surface area contributed by atoms with Crippen molar-refractivity contribution in [2.75, 3.05) is 20.7 Å². The summed E-state index contributed by atoms with van der Waals surface area (Å²) < 4.78 is 7.31. The van der Waals surface area contributed by atoms with Gasteiger partial charge in [0.2, 0.25) is 0 Å². The number of nitrogens with one attached hydrogen (secondary N) is 1. The predicted octanol–water partition coefficient (Wildman–Crippen LogP) is 2.77. The van der Waals surface area contributed by atoms with Gasteiger partial charge in [-0.3, -0.25) is 0 Å². The molecule has 1 aromatic carbocycles. The Hall–Kier alpha value is -1.81. The molecule has 1 aromatic heterocycles. The van der Waals surface area contributed by atoms with Crippen molar-refractivity contribution in [2.24, 2.45) is 0 Å². The van der Waals surface area contributed by atoms with Crippen LogP contribution in [0.2, 0.25) is 0 Å². The molecule has 0 fully saturated rings. The third kappa shape index (κ3) is 3.27. The summed E-state index contributed by atoms with van der Waals surface area (Å²) in [6, 6.07) is 8.09. The van der Waals surface area contributed by atoms with Gasteiger partial charge in [-0.1, -0.05) is 13.8 Å². The molecule has 0 bridgehead atoms. The Morgan fingerprint density at radius 1 is 1.14 bits per heavy atom. The molecule has 2 rings (SSSR count).